The molecule has 1 aromatic carbocycles. The van der Waals surface area contributed by atoms with Gasteiger partial charge in [-0.05, 0) is 36.2 Å². The van der Waals surface area contributed by atoms with Gasteiger partial charge in [0.1, 0.15) is 17.3 Å². The summed E-state index contributed by atoms with van der Waals surface area (Å²) in [4.78, 5) is 4.07. The van der Waals surface area contributed by atoms with E-state index in [1.165, 1.54) is 12.1 Å². The van der Waals surface area contributed by atoms with Gasteiger partial charge in [0.25, 0.3) is 0 Å². The molecule has 0 unspecified atom stereocenters. The van der Waals surface area contributed by atoms with Crippen LogP contribution in [0.2, 0.25) is 0 Å². The van der Waals surface area contributed by atoms with Gasteiger partial charge in [0.05, 0.1) is 5.56 Å². The maximum absolute atomic E-state index is 13.2. The number of benzene rings is 1. The molecule has 0 bridgehead atoms. The Labute approximate surface area is 127 Å². The molecule has 22 heavy (non-hydrogen) atoms. The fourth-order valence-corrected chi connectivity index (χ4v) is 2.84. The van der Waals surface area contributed by atoms with E-state index in [1.807, 2.05) is 16.8 Å². The first-order valence-electron chi connectivity index (χ1n) is 7.34. The third-order valence-corrected chi connectivity index (χ3v) is 3.88. The number of fused-ring (bicyclic) bond motifs is 1. The molecule has 0 aliphatic carbocycles. The highest BCUT2D eigenvalue weighted by Crippen LogP contribution is 2.38. The lowest BCUT2D eigenvalue weighted by Crippen LogP contribution is -2.17. The molecule has 0 saturated heterocycles. The van der Waals surface area contributed by atoms with Crippen molar-refractivity contribution in [1.82, 2.24) is 14.8 Å². The van der Waals surface area contributed by atoms with Gasteiger partial charge in [-0.2, -0.15) is 5.10 Å². The molecule has 1 aliphatic heterocycles. The van der Waals surface area contributed by atoms with E-state index in [1.54, 1.807) is 24.5 Å². The zero-order chi connectivity index (χ0) is 14.9. The lowest BCUT2D eigenvalue weighted by Gasteiger charge is -2.17. The molecule has 0 amide bonds. The van der Waals surface area contributed by atoms with Crippen molar-refractivity contribution in [2.75, 3.05) is 11.9 Å². The van der Waals surface area contributed by atoms with Gasteiger partial charge in [-0.1, -0.05) is 12.1 Å². The monoisotopic (exact) mass is 294 g/mol. The van der Waals surface area contributed by atoms with Gasteiger partial charge in [-0.3, -0.25) is 4.98 Å². The molecule has 0 radical (unpaired) electrons. The quantitative estimate of drug-likeness (QED) is 0.785. The Bertz CT molecular complexity index is 794. The Balaban J connectivity index is 1.94. The van der Waals surface area contributed by atoms with Gasteiger partial charge < -0.3 is 5.32 Å². The highest BCUT2D eigenvalue weighted by Gasteiger charge is 2.22. The smallest absolute Gasteiger partial charge is 0.132 e. The summed E-state index contributed by atoms with van der Waals surface area (Å²) in [7, 11) is 0. The maximum atomic E-state index is 13.2. The topological polar surface area (TPSA) is 42.7 Å². The van der Waals surface area contributed by atoms with Crippen LogP contribution in [0.15, 0.2) is 48.8 Å². The van der Waals surface area contributed by atoms with Gasteiger partial charge in [0, 0.05) is 31.0 Å². The van der Waals surface area contributed by atoms with Crippen molar-refractivity contribution in [2.24, 2.45) is 0 Å². The van der Waals surface area contributed by atoms with Crippen molar-refractivity contribution in [3.8, 4) is 22.4 Å². The van der Waals surface area contributed by atoms with E-state index in [0.29, 0.717) is 0 Å². The van der Waals surface area contributed by atoms with Crippen LogP contribution in [-0.4, -0.2) is 21.3 Å². The third-order valence-electron chi connectivity index (χ3n) is 3.88. The van der Waals surface area contributed by atoms with E-state index in [-0.39, 0.29) is 5.82 Å². The molecule has 4 rings (SSSR count). The Hall–Kier alpha value is -2.69. The minimum atomic E-state index is -0.233. The van der Waals surface area contributed by atoms with Crippen LogP contribution in [-0.2, 0) is 6.54 Å². The van der Waals surface area contributed by atoms with Gasteiger partial charge >= 0.3 is 0 Å². The van der Waals surface area contributed by atoms with Gasteiger partial charge in [-0.15, -0.1) is 0 Å². The summed E-state index contributed by atoms with van der Waals surface area (Å²) >= 11 is 0. The number of hydrogen-bond donors (Lipinski definition) is 1. The van der Waals surface area contributed by atoms with Crippen molar-refractivity contribution in [3.05, 3.63) is 54.6 Å². The van der Waals surface area contributed by atoms with Crippen LogP contribution in [0, 0.1) is 5.82 Å². The second-order valence-electron chi connectivity index (χ2n) is 5.32. The zero-order valence-electron chi connectivity index (χ0n) is 12.0. The minimum absolute atomic E-state index is 0.233. The molecule has 0 spiro atoms. The Morgan fingerprint density at radius 3 is 2.55 bits per heavy atom. The number of hydrogen-bond acceptors (Lipinski definition) is 3. The average Bonchev–Trinajstić information content (AvgIpc) is 2.96. The van der Waals surface area contributed by atoms with Crippen molar-refractivity contribution >= 4 is 5.82 Å². The molecule has 2 aromatic heterocycles. The van der Waals surface area contributed by atoms with E-state index in [2.05, 4.69) is 10.3 Å². The second kappa shape index (κ2) is 5.26. The number of nitrogens with zero attached hydrogens (tertiary/aromatic N) is 3. The van der Waals surface area contributed by atoms with Crippen molar-refractivity contribution in [1.29, 1.82) is 0 Å². The van der Waals surface area contributed by atoms with Crippen LogP contribution in [0.4, 0.5) is 10.2 Å². The highest BCUT2D eigenvalue weighted by molar-refractivity contribution is 5.89. The summed E-state index contributed by atoms with van der Waals surface area (Å²) in [5.74, 6) is 0.771. The van der Waals surface area contributed by atoms with E-state index >= 15 is 0 Å². The molecule has 3 aromatic rings. The summed E-state index contributed by atoms with van der Waals surface area (Å²) in [6, 6.07) is 10.5. The first-order valence-corrected chi connectivity index (χ1v) is 7.34. The first-order chi connectivity index (χ1) is 10.8. The number of aryl methyl sites for hydroxylation is 1. The van der Waals surface area contributed by atoms with Crippen molar-refractivity contribution in [3.63, 3.8) is 0 Å². The standard InChI is InChI=1S/C17H15FN4/c18-14-4-2-12(3-5-14)15-16(13-6-9-19-10-7-13)21-22-11-1-8-20-17(15)22/h2-7,9-10,20H,1,8,11H2. The molecule has 110 valence electrons. The van der Waals surface area contributed by atoms with Crippen LogP contribution < -0.4 is 5.32 Å². The lowest BCUT2D eigenvalue weighted by atomic mass is 10.0. The Morgan fingerprint density at radius 1 is 1.00 bits per heavy atom. The summed E-state index contributed by atoms with van der Waals surface area (Å²) in [6.07, 6.45) is 4.57. The molecule has 5 heteroatoms. The number of pyridine rings is 1. The second-order valence-corrected chi connectivity index (χ2v) is 5.32. The van der Waals surface area contributed by atoms with Crippen LogP contribution in [0.1, 0.15) is 6.42 Å². The molecular weight excluding hydrogens is 279 g/mol. The van der Waals surface area contributed by atoms with Crippen LogP contribution >= 0.6 is 0 Å². The third kappa shape index (κ3) is 2.15. The zero-order valence-corrected chi connectivity index (χ0v) is 12.0. The van der Waals surface area contributed by atoms with Gasteiger partial charge in [0.2, 0.25) is 0 Å². The van der Waals surface area contributed by atoms with Crippen molar-refractivity contribution < 1.29 is 4.39 Å². The fourth-order valence-electron chi connectivity index (χ4n) is 2.84. The SMILES string of the molecule is Fc1ccc(-c2c(-c3ccncc3)nn3c2NCCC3)cc1. The van der Waals surface area contributed by atoms with Crippen LogP contribution in [0.3, 0.4) is 0 Å². The molecule has 0 saturated carbocycles. The summed E-state index contributed by atoms with van der Waals surface area (Å²) in [6.45, 7) is 1.82. The fraction of sp³-hybridized carbons (Fsp3) is 0.176. The number of anilines is 1. The van der Waals surface area contributed by atoms with Crippen LogP contribution in [0.5, 0.6) is 0 Å². The van der Waals surface area contributed by atoms with E-state index in [4.69, 9.17) is 5.10 Å². The molecular formula is C17H15FN4. The molecule has 1 N–H and O–H groups in total. The molecule has 0 fully saturated rings. The van der Waals surface area contributed by atoms with E-state index in [0.717, 1.165) is 47.7 Å². The Morgan fingerprint density at radius 2 is 1.77 bits per heavy atom. The van der Waals surface area contributed by atoms with Crippen molar-refractivity contribution in [2.45, 2.75) is 13.0 Å². The maximum Gasteiger partial charge on any atom is 0.132 e. The predicted molar refractivity (Wildman–Crippen MR) is 84.0 cm³/mol. The molecule has 1 aliphatic rings. The van der Waals surface area contributed by atoms with E-state index < -0.39 is 0 Å². The largest absolute Gasteiger partial charge is 0.370 e. The molecule has 4 nitrogen and oxygen atoms in total. The average molecular weight is 294 g/mol. The summed E-state index contributed by atoms with van der Waals surface area (Å²) in [5.41, 5.74) is 3.89. The lowest BCUT2D eigenvalue weighted by molar-refractivity contribution is 0.569. The minimum Gasteiger partial charge on any atom is -0.370 e. The van der Waals surface area contributed by atoms with Gasteiger partial charge in [-0.25, -0.2) is 9.07 Å². The molecule has 3 heterocycles. The number of rotatable bonds is 2. The first kappa shape index (κ1) is 13.0. The number of aromatic nitrogens is 3. The van der Waals surface area contributed by atoms with E-state index in [9.17, 15) is 4.39 Å². The summed E-state index contributed by atoms with van der Waals surface area (Å²) < 4.78 is 15.2. The van der Waals surface area contributed by atoms with Gasteiger partial charge in [0.15, 0.2) is 0 Å². The molecule has 0 atom stereocenters. The van der Waals surface area contributed by atoms with Crippen LogP contribution in [0.25, 0.3) is 22.4 Å². The Kier molecular flexibility index (Phi) is 3.11. The number of halogens is 1. The highest BCUT2D eigenvalue weighted by atomic mass is 19.1. The normalized spacial score (nSPS) is 13.5. The predicted octanol–water partition coefficient (Wildman–Crippen LogP) is 3.57. The number of nitrogens with one attached hydrogen (secondary N) is 1. The summed E-state index contributed by atoms with van der Waals surface area (Å²) in [5, 5.41) is 8.18.